The van der Waals surface area contributed by atoms with Gasteiger partial charge in [-0.25, -0.2) is 9.18 Å². The highest BCUT2D eigenvalue weighted by Crippen LogP contribution is 2.39. The number of aromatic nitrogens is 2. The Morgan fingerprint density at radius 1 is 0.800 bits per heavy atom. The molecule has 0 amide bonds. The summed E-state index contributed by atoms with van der Waals surface area (Å²) in [6, 6.07) is 10.2. The second kappa shape index (κ2) is 8.53. The van der Waals surface area contributed by atoms with Gasteiger partial charge < -0.3 is 10.4 Å². The highest BCUT2D eigenvalue weighted by molar-refractivity contribution is 6.01. The van der Waals surface area contributed by atoms with E-state index in [0.717, 1.165) is 12.1 Å². The molecule has 0 atom stereocenters. The van der Waals surface area contributed by atoms with E-state index in [1.807, 2.05) is 0 Å². The van der Waals surface area contributed by atoms with Crippen molar-refractivity contribution in [1.82, 2.24) is 10.2 Å². The van der Waals surface area contributed by atoms with E-state index in [-0.39, 0.29) is 39.5 Å². The third-order valence-corrected chi connectivity index (χ3v) is 5.01. The molecule has 1 heterocycles. The summed E-state index contributed by atoms with van der Waals surface area (Å²) >= 11 is 0. The van der Waals surface area contributed by atoms with Crippen molar-refractivity contribution in [2.24, 2.45) is 0 Å². The zero-order chi connectivity index (χ0) is 25.5. The number of fused-ring (bicyclic) bond motifs is 1. The molecular weight excluding hydrogens is 483 g/mol. The van der Waals surface area contributed by atoms with Gasteiger partial charge in [-0.1, -0.05) is 24.3 Å². The molecule has 0 saturated carbocycles. The first-order chi connectivity index (χ1) is 16.3. The Labute approximate surface area is 191 Å². The van der Waals surface area contributed by atoms with Crippen molar-refractivity contribution >= 4 is 28.2 Å². The molecule has 5 nitrogen and oxygen atoms in total. The highest BCUT2D eigenvalue weighted by atomic mass is 19.4. The number of carbonyl (C=O) groups is 1. The lowest BCUT2D eigenvalue weighted by Crippen LogP contribution is -2.12. The van der Waals surface area contributed by atoms with Crippen molar-refractivity contribution in [2.45, 2.75) is 12.4 Å². The third kappa shape index (κ3) is 4.86. The van der Waals surface area contributed by atoms with Crippen LogP contribution >= 0.6 is 0 Å². The van der Waals surface area contributed by atoms with Gasteiger partial charge in [0, 0.05) is 22.0 Å². The maximum absolute atomic E-state index is 14.6. The number of hydrogen-bond donors (Lipinski definition) is 2. The van der Waals surface area contributed by atoms with Crippen molar-refractivity contribution < 1.29 is 40.6 Å². The normalized spacial score (nSPS) is 12.1. The van der Waals surface area contributed by atoms with E-state index in [2.05, 4.69) is 15.5 Å². The monoisotopic (exact) mass is 495 g/mol. The zero-order valence-corrected chi connectivity index (χ0v) is 17.2. The molecule has 0 aliphatic heterocycles. The molecule has 12 heteroatoms. The van der Waals surface area contributed by atoms with E-state index in [9.17, 15) is 35.5 Å². The molecule has 0 unspecified atom stereocenters. The van der Waals surface area contributed by atoms with Crippen molar-refractivity contribution in [3.63, 3.8) is 0 Å². The molecule has 0 radical (unpaired) electrons. The number of nitrogens with one attached hydrogen (secondary N) is 1. The quantitative estimate of drug-likeness (QED) is 0.301. The number of nitrogens with zero attached hydrogens (tertiary/aromatic N) is 2. The van der Waals surface area contributed by atoms with Gasteiger partial charge in [-0.3, -0.25) is 0 Å². The van der Waals surface area contributed by atoms with Gasteiger partial charge >= 0.3 is 18.3 Å². The fourth-order valence-corrected chi connectivity index (χ4v) is 3.40. The lowest BCUT2D eigenvalue weighted by Gasteiger charge is -2.16. The zero-order valence-electron chi connectivity index (χ0n) is 17.2. The first kappa shape index (κ1) is 23.9. The number of benzene rings is 3. The molecule has 4 rings (SSSR count). The number of carboxylic acids is 1. The van der Waals surface area contributed by atoms with Crippen LogP contribution in [0.15, 0.2) is 60.7 Å². The molecular formula is C23H12F7N3O2. The topological polar surface area (TPSA) is 75.1 Å². The molecule has 2 N–H and O–H groups in total. The number of carboxylic acid groups (broad SMARTS) is 1. The Balaban J connectivity index is 1.83. The summed E-state index contributed by atoms with van der Waals surface area (Å²) in [5.41, 5.74) is -3.94. The van der Waals surface area contributed by atoms with Crippen LogP contribution in [0.2, 0.25) is 0 Å². The van der Waals surface area contributed by atoms with E-state index < -0.39 is 41.0 Å². The van der Waals surface area contributed by atoms with Crippen LogP contribution in [0.1, 0.15) is 21.5 Å². The molecule has 4 aromatic rings. The number of aromatic carboxylic acids is 1. The molecule has 0 spiro atoms. The van der Waals surface area contributed by atoms with Crippen LogP contribution in [0.5, 0.6) is 0 Å². The second-order valence-corrected chi connectivity index (χ2v) is 7.36. The Hall–Kier alpha value is -4.22. The summed E-state index contributed by atoms with van der Waals surface area (Å²) in [6.07, 6.45) is -10.1. The molecule has 35 heavy (non-hydrogen) atoms. The Morgan fingerprint density at radius 3 is 1.94 bits per heavy atom. The standard InChI is InChI=1S/C23H12F7N3O2/c24-18-7-11(21(34)35)5-6-17(18)19-15-3-1-2-4-16(15)20(33-32-19)31-14-9-12(22(25,26)27)8-13(10-14)23(28,29)30/h1-10H,(H,31,33)(H,34,35). The van der Waals surface area contributed by atoms with Gasteiger partial charge in [0.05, 0.1) is 16.7 Å². The molecule has 0 bridgehead atoms. The Bertz CT molecular complexity index is 1420. The first-order valence-electron chi connectivity index (χ1n) is 9.70. The van der Waals surface area contributed by atoms with E-state index in [4.69, 9.17) is 5.11 Å². The van der Waals surface area contributed by atoms with E-state index in [1.165, 1.54) is 24.3 Å². The van der Waals surface area contributed by atoms with Crippen LogP contribution in [0, 0.1) is 5.82 Å². The van der Waals surface area contributed by atoms with Crippen LogP contribution in [-0.2, 0) is 12.4 Å². The lowest BCUT2D eigenvalue weighted by atomic mass is 10.0. The summed E-state index contributed by atoms with van der Waals surface area (Å²) < 4.78 is 93.8. The fraction of sp³-hybridized carbons (Fsp3) is 0.0870. The largest absolute Gasteiger partial charge is 0.478 e. The SMILES string of the molecule is O=C(O)c1ccc(-c2nnc(Nc3cc(C(F)(F)F)cc(C(F)(F)F)c3)c3ccccc23)c(F)c1. The second-order valence-electron chi connectivity index (χ2n) is 7.36. The molecule has 180 valence electrons. The van der Waals surface area contributed by atoms with Crippen LogP contribution in [-0.4, -0.2) is 21.3 Å². The number of halogens is 7. The lowest BCUT2D eigenvalue weighted by molar-refractivity contribution is -0.143. The van der Waals surface area contributed by atoms with E-state index in [1.54, 1.807) is 6.07 Å². The minimum atomic E-state index is -5.03. The summed E-state index contributed by atoms with van der Waals surface area (Å²) in [5, 5.41) is 19.7. The molecule has 0 aliphatic carbocycles. The average molecular weight is 495 g/mol. The van der Waals surface area contributed by atoms with Crippen LogP contribution in [0.4, 0.5) is 42.2 Å². The van der Waals surface area contributed by atoms with Crippen LogP contribution < -0.4 is 5.32 Å². The van der Waals surface area contributed by atoms with Gasteiger partial charge in [-0.2, -0.15) is 26.3 Å². The van der Waals surface area contributed by atoms with Crippen LogP contribution in [0.3, 0.4) is 0 Å². The minimum absolute atomic E-state index is 0.000566. The highest BCUT2D eigenvalue weighted by Gasteiger charge is 2.37. The summed E-state index contributed by atoms with van der Waals surface area (Å²) in [6.45, 7) is 0. The molecule has 0 saturated heterocycles. The number of alkyl halides is 6. The summed E-state index contributed by atoms with van der Waals surface area (Å²) in [4.78, 5) is 11.1. The van der Waals surface area contributed by atoms with Gasteiger partial charge in [0.15, 0.2) is 5.82 Å². The fourth-order valence-electron chi connectivity index (χ4n) is 3.40. The molecule has 3 aromatic carbocycles. The van der Waals surface area contributed by atoms with Gasteiger partial charge in [0.2, 0.25) is 0 Å². The predicted molar refractivity (Wildman–Crippen MR) is 112 cm³/mol. The van der Waals surface area contributed by atoms with Gasteiger partial charge in [0.25, 0.3) is 0 Å². The number of hydrogen-bond acceptors (Lipinski definition) is 4. The summed E-state index contributed by atoms with van der Waals surface area (Å²) in [7, 11) is 0. The van der Waals surface area contributed by atoms with Crippen molar-refractivity contribution in [3.8, 4) is 11.3 Å². The smallest absolute Gasteiger partial charge is 0.416 e. The van der Waals surface area contributed by atoms with Crippen molar-refractivity contribution in [1.29, 1.82) is 0 Å². The maximum atomic E-state index is 14.6. The van der Waals surface area contributed by atoms with Gasteiger partial charge in [0.1, 0.15) is 11.5 Å². The maximum Gasteiger partial charge on any atom is 0.416 e. The summed E-state index contributed by atoms with van der Waals surface area (Å²) in [5.74, 6) is -2.41. The van der Waals surface area contributed by atoms with Crippen molar-refractivity contribution in [2.75, 3.05) is 5.32 Å². The number of rotatable bonds is 4. The van der Waals surface area contributed by atoms with Gasteiger partial charge in [-0.05, 0) is 36.4 Å². The molecule has 0 fully saturated rings. The Kier molecular flexibility index (Phi) is 5.83. The van der Waals surface area contributed by atoms with Gasteiger partial charge in [-0.15, -0.1) is 10.2 Å². The Morgan fingerprint density at radius 2 is 1.40 bits per heavy atom. The predicted octanol–water partition coefficient (Wildman–Crippen LogP) is 6.92. The van der Waals surface area contributed by atoms with E-state index in [0.29, 0.717) is 12.1 Å². The van der Waals surface area contributed by atoms with E-state index >= 15 is 0 Å². The number of anilines is 2. The molecule has 1 aromatic heterocycles. The third-order valence-electron chi connectivity index (χ3n) is 5.01. The molecule has 0 aliphatic rings. The van der Waals surface area contributed by atoms with Crippen LogP contribution in [0.25, 0.3) is 22.0 Å². The average Bonchev–Trinajstić information content (AvgIpc) is 2.78. The van der Waals surface area contributed by atoms with Crippen molar-refractivity contribution in [3.05, 3.63) is 83.2 Å². The minimum Gasteiger partial charge on any atom is -0.478 e. The first-order valence-corrected chi connectivity index (χ1v) is 9.70.